The Morgan fingerprint density at radius 2 is 1.92 bits per heavy atom. The van der Waals surface area contributed by atoms with Crippen LogP contribution in [-0.4, -0.2) is 61.4 Å². The first-order valence-corrected chi connectivity index (χ1v) is 8.52. The highest BCUT2D eigenvalue weighted by atomic mass is 16.2. The standard InChI is InChI=1S/C17H26N6O/c1-5-23-14(3)16(13(2)19-23)17(24)22-8-6-21(7-9-22)12-15-10-18-20(4)11-15/h10-11H,5-9,12H2,1-4H3. The molecule has 3 rings (SSSR count). The van der Waals surface area contributed by atoms with Crippen LogP contribution in [0.3, 0.4) is 0 Å². The molecule has 0 unspecified atom stereocenters. The number of piperazine rings is 1. The van der Waals surface area contributed by atoms with Gasteiger partial charge in [0.1, 0.15) is 0 Å². The number of amides is 1. The minimum Gasteiger partial charge on any atom is -0.336 e. The van der Waals surface area contributed by atoms with E-state index >= 15 is 0 Å². The van der Waals surface area contributed by atoms with Crippen LogP contribution in [0, 0.1) is 13.8 Å². The van der Waals surface area contributed by atoms with Crippen LogP contribution >= 0.6 is 0 Å². The number of nitrogens with zero attached hydrogens (tertiary/aromatic N) is 6. The highest BCUT2D eigenvalue weighted by molar-refractivity contribution is 5.96. The molecule has 0 N–H and O–H groups in total. The zero-order valence-electron chi connectivity index (χ0n) is 15.0. The molecule has 0 atom stereocenters. The van der Waals surface area contributed by atoms with E-state index in [9.17, 15) is 4.79 Å². The van der Waals surface area contributed by atoms with E-state index in [4.69, 9.17) is 0 Å². The fourth-order valence-corrected chi connectivity index (χ4v) is 3.39. The number of carbonyl (C=O) groups is 1. The molecule has 0 saturated carbocycles. The summed E-state index contributed by atoms with van der Waals surface area (Å²) in [7, 11) is 1.93. The largest absolute Gasteiger partial charge is 0.336 e. The normalized spacial score (nSPS) is 15.9. The van der Waals surface area contributed by atoms with Crippen LogP contribution in [-0.2, 0) is 20.1 Å². The number of hydrogen-bond acceptors (Lipinski definition) is 4. The van der Waals surface area contributed by atoms with E-state index in [1.807, 2.05) is 54.5 Å². The van der Waals surface area contributed by atoms with Crippen LogP contribution in [0.15, 0.2) is 12.4 Å². The van der Waals surface area contributed by atoms with Crippen molar-refractivity contribution in [2.45, 2.75) is 33.9 Å². The number of aryl methyl sites for hydroxylation is 3. The van der Waals surface area contributed by atoms with Gasteiger partial charge in [0.15, 0.2) is 0 Å². The summed E-state index contributed by atoms with van der Waals surface area (Å²) in [5.41, 5.74) is 3.79. The molecule has 1 fully saturated rings. The van der Waals surface area contributed by atoms with Crippen molar-refractivity contribution >= 4 is 5.91 Å². The molecule has 1 saturated heterocycles. The molecule has 1 aliphatic heterocycles. The van der Waals surface area contributed by atoms with Crippen molar-refractivity contribution < 1.29 is 4.79 Å². The Kier molecular flexibility index (Phi) is 4.71. The van der Waals surface area contributed by atoms with Crippen molar-refractivity contribution in [2.75, 3.05) is 26.2 Å². The zero-order chi connectivity index (χ0) is 17.3. The number of hydrogen-bond donors (Lipinski definition) is 0. The van der Waals surface area contributed by atoms with Crippen molar-refractivity contribution in [3.63, 3.8) is 0 Å². The van der Waals surface area contributed by atoms with E-state index in [-0.39, 0.29) is 5.91 Å². The van der Waals surface area contributed by atoms with Gasteiger partial charge in [0.25, 0.3) is 5.91 Å². The van der Waals surface area contributed by atoms with Gasteiger partial charge >= 0.3 is 0 Å². The van der Waals surface area contributed by atoms with Crippen molar-refractivity contribution in [1.82, 2.24) is 29.4 Å². The minimum atomic E-state index is 0.116. The Bertz CT molecular complexity index is 724. The maximum atomic E-state index is 12.9. The predicted molar refractivity (Wildman–Crippen MR) is 91.8 cm³/mol. The van der Waals surface area contributed by atoms with Crippen LogP contribution in [0.25, 0.3) is 0 Å². The van der Waals surface area contributed by atoms with Gasteiger partial charge in [0.2, 0.25) is 0 Å². The molecule has 1 aliphatic rings. The van der Waals surface area contributed by atoms with E-state index < -0.39 is 0 Å². The van der Waals surface area contributed by atoms with Gasteiger partial charge in [-0.05, 0) is 20.8 Å². The predicted octanol–water partition coefficient (Wildman–Crippen LogP) is 1.21. The topological polar surface area (TPSA) is 59.2 Å². The molecule has 0 bridgehead atoms. The molecule has 2 aromatic heterocycles. The van der Waals surface area contributed by atoms with E-state index in [1.165, 1.54) is 5.56 Å². The van der Waals surface area contributed by atoms with Gasteiger partial charge < -0.3 is 4.90 Å². The van der Waals surface area contributed by atoms with Crippen LogP contribution in [0.1, 0.15) is 34.2 Å². The second kappa shape index (κ2) is 6.76. The van der Waals surface area contributed by atoms with Crippen molar-refractivity contribution in [2.24, 2.45) is 7.05 Å². The third-order valence-corrected chi connectivity index (χ3v) is 4.72. The summed E-state index contributed by atoms with van der Waals surface area (Å²) < 4.78 is 3.73. The summed E-state index contributed by atoms with van der Waals surface area (Å²) in [6.07, 6.45) is 3.95. The molecule has 0 spiro atoms. The molecule has 24 heavy (non-hydrogen) atoms. The Morgan fingerprint density at radius 1 is 1.21 bits per heavy atom. The average molecular weight is 330 g/mol. The lowest BCUT2D eigenvalue weighted by Gasteiger charge is -2.34. The maximum absolute atomic E-state index is 12.9. The van der Waals surface area contributed by atoms with Gasteiger partial charge in [-0.2, -0.15) is 10.2 Å². The molecule has 3 heterocycles. The smallest absolute Gasteiger partial charge is 0.257 e. The van der Waals surface area contributed by atoms with Gasteiger partial charge in [-0.1, -0.05) is 0 Å². The molecule has 0 radical (unpaired) electrons. The summed E-state index contributed by atoms with van der Waals surface area (Å²) in [5.74, 6) is 0.116. The molecule has 0 aromatic carbocycles. The lowest BCUT2D eigenvalue weighted by Crippen LogP contribution is -2.48. The number of aromatic nitrogens is 4. The Labute approximate surface area is 142 Å². The maximum Gasteiger partial charge on any atom is 0.257 e. The summed E-state index contributed by atoms with van der Waals surface area (Å²) in [6, 6.07) is 0. The van der Waals surface area contributed by atoms with E-state index in [0.29, 0.717) is 0 Å². The van der Waals surface area contributed by atoms with Crippen LogP contribution in [0.4, 0.5) is 0 Å². The van der Waals surface area contributed by atoms with Crippen molar-refractivity contribution in [3.8, 4) is 0 Å². The first kappa shape index (κ1) is 16.7. The molecule has 1 amide bonds. The highest BCUT2D eigenvalue weighted by Crippen LogP contribution is 2.17. The van der Waals surface area contributed by atoms with Gasteiger partial charge in [0.05, 0.1) is 17.5 Å². The summed E-state index contributed by atoms with van der Waals surface area (Å²) in [6.45, 7) is 10.9. The number of carbonyl (C=O) groups excluding carboxylic acids is 1. The average Bonchev–Trinajstić information content (AvgIpc) is 3.10. The van der Waals surface area contributed by atoms with Gasteiger partial charge in [-0.15, -0.1) is 0 Å². The lowest BCUT2D eigenvalue weighted by molar-refractivity contribution is 0.0627. The lowest BCUT2D eigenvalue weighted by atomic mass is 10.1. The van der Waals surface area contributed by atoms with Crippen LogP contribution < -0.4 is 0 Å². The molecular formula is C17H26N6O. The fraction of sp³-hybridized carbons (Fsp3) is 0.588. The van der Waals surface area contributed by atoms with Crippen LogP contribution in [0.2, 0.25) is 0 Å². The van der Waals surface area contributed by atoms with E-state index in [2.05, 4.69) is 15.1 Å². The summed E-state index contributed by atoms with van der Waals surface area (Å²) >= 11 is 0. The van der Waals surface area contributed by atoms with Crippen molar-refractivity contribution in [1.29, 1.82) is 0 Å². The summed E-state index contributed by atoms with van der Waals surface area (Å²) in [4.78, 5) is 17.2. The molecule has 130 valence electrons. The Balaban J connectivity index is 1.62. The van der Waals surface area contributed by atoms with Gasteiger partial charge in [0, 0.05) is 63.8 Å². The molecule has 7 heteroatoms. The van der Waals surface area contributed by atoms with E-state index in [1.54, 1.807) is 0 Å². The monoisotopic (exact) mass is 330 g/mol. The molecule has 2 aromatic rings. The third kappa shape index (κ3) is 3.21. The zero-order valence-corrected chi connectivity index (χ0v) is 15.0. The minimum absolute atomic E-state index is 0.116. The van der Waals surface area contributed by atoms with Gasteiger partial charge in [-0.25, -0.2) is 0 Å². The Hall–Kier alpha value is -2.15. The van der Waals surface area contributed by atoms with Crippen molar-refractivity contribution in [3.05, 3.63) is 34.9 Å². The van der Waals surface area contributed by atoms with Gasteiger partial charge in [-0.3, -0.25) is 19.1 Å². The molecular weight excluding hydrogens is 304 g/mol. The first-order valence-electron chi connectivity index (χ1n) is 8.52. The summed E-state index contributed by atoms with van der Waals surface area (Å²) in [5, 5.41) is 8.68. The molecule has 7 nitrogen and oxygen atoms in total. The SMILES string of the molecule is CCn1nc(C)c(C(=O)N2CCN(Cc3cnn(C)c3)CC2)c1C. The number of rotatable bonds is 4. The second-order valence-electron chi connectivity index (χ2n) is 6.45. The Morgan fingerprint density at radius 3 is 2.46 bits per heavy atom. The van der Waals surface area contributed by atoms with Crippen LogP contribution in [0.5, 0.6) is 0 Å². The second-order valence-corrected chi connectivity index (χ2v) is 6.45. The molecule has 0 aliphatic carbocycles. The third-order valence-electron chi connectivity index (χ3n) is 4.72. The highest BCUT2D eigenvalue weighted by Gasteiger charge is 2.26. The van der Waals surface area contributed by atoms with E-state index in [0.717, 1.165) is 56.2 Å². The fourth-order valence-electron chi connectivity index (χ4n) is 3.39. The first-order chi connectivity index (χ1) is 11.5. The quantitative estimate of drug-likeness (QED) is 0.845.